The summed E-state index contributed by atoms with van der Waals surface area (Å²) in [6.07, 6.45) is 9.16. The molecular formula is C21H23N5. The van der Waals surface area contributed by atoms with Gasteiger partial charge in [-0.3, -0.25) is 4.40 Å². The van der Waals surface area contributed by atoms with E-state index in [0.29, 0.717) is 5.92 Å². The molecule has 0 aliphatic carbocycles. The van der Waals surface area contributed by atoms with Gasteiger partial charge in [-0.05, 0) is 67.6 Å². The first-order chi connectivity index (χ1) is 12.8. The molecule has 4 heterocycles. The van der Waals surface area contributed by atoms with Crippen LogP contribution in [0.4, 0.5) is 0 Å². The summed E-state index contributed by atoms with van der Waals surface area (Å²) in [6.45, 7) is 4.47. The van der Waals surface area contributed by atoms with Crippen molar-refractivity contribution in [3.63, 3.8) is 0 Å². The third-order valence-electron chi connectivity index (χ3n) is 5.64. The number of piperidine rings is 1. The number of fused-ring (bicyclic) bond motifs is 2. The molecule has 1 aromatic carbocycles. The molecule has 26 heavy (non-hydrogen) atoms. The maximum Gasteiger partial charge on any atom is 0.234 e. The number of hydrogen-bond donors (Lipinski definition) is 2. The lowest BCUT2D eigenvalue weighted by Gasteiger charge is -2.23. The number of rotatable bonds is 3. The van der Waals surface area contributed by atoms with Gasteiger partial charge in [-0.15, -0.1) is 0 Å². The minimum absolute atomic E-state index is 0.670. The molecule has 0 atom stereocenters. The van der Waals surface area contributed by atoms with Crippen LogP contribution in [-0.4, -0.2) is 32.4 Å². The monoisotopic (exact) mass is 345 g/mol. The van der Waals surface area contributed by atoms with Gasteiger partial charge >= 0.3 is 0 Å². The summed E-state index contributed by atoms with van der Waals surface area (Å²) < 4.78 is 2.05. The Morgan fingerprint density at radius 2 is 2.08 bits per heavy atom. The van der Waals surface area contributed by atoms with Gasteiger partial charge in [0.25, 0.3) is 0 Å². The maximum atomic E-state index is 4.46. The molecule has 0 amide bonds. The number of nitrogens with one attached hydrogen (secondary N) is 2. The van der Waals surface area contributed by atoms with Gasteiger partial charge in [-0.2, -0.15) is 0 Å². The molecular weight excluding hydrogens is 322 g/mol. The Labute approximate surface area is 152 Å². The Morgan fingerprint density at radius 1 is 1.19 bits per heavy atom. The van der Waals surface area contributed by atoms with Gasteiger partial charge in [0.05, 0.1) is 17.6 Å². The Bertz CT molecular complexity index is 1070. The van der Waals surface area contributed by atoms with Crippen molar-refractivity contribution >= 4 is 16.7 Å². The average molecular weight is 345 g/mol. The molecule has 5 rings (SSSR count). The number of aromatic nitrogens is 4. The van der Waals surface area contributed by atoms with Crippen molar-refractivity contribution in [1.29, 1.82) is 0 Å². The zero-order valence-electron chi connectivity index (χ0n) is 15.0. The molecule has 1 saturated heterocycles. The quantitative estimate of drug-likeness (QED) is 0.592. The lowest BCUT2D eigenvalue weighted by molar-refractivity contribution is 0.460. The number of H-pyrrole nitrogens is 1. The van der Waals surface area contributed by atoms with Crippen molar-refractivity contribution in [3.8, 4) is 11.4 Å². The third-order valence-corrected chi connectivity index (χ3v) is 5.64. The minimum atomic E-state index is 0.670. The van der Waals surface area contributed by atoms with Crippen molar-refractivity contribution < 1.29 is 0 Å². The zero-order valence-corrected chi connectivity index (χ0v) is 15.0. The van der Waals surface area contributed by atoms with Crippen LogP contribution < -0.4 is 5.32 Å². The Balaban J connectivity index is 1.66. The van der Waals surface area contributed by atoms with E-state index >= 15 is 0 Å². The molecule has 0 spiro atoms. The van der Waals surface area contributed by atoms with Crippen LogP contribution in [-0.2, 0) is 6.42 Å². The van der Waals surface area contributed by atoms with E-state index in [4.69, 9.17) is 0 Å². The van der Waals surface area contributed by atoms with Crippen LogP contribution in [0.2, 0.25) is 0 Å². The topological polar surface area (TPSA) is 58.0 Å². The maximum absolute atomic E-state index is 4.46. The summed E-state index contributed by atoms with van der Waals surface area (Å²) >= 11 is 0. The molecule has 3 aromatic heterocycles. The van der Waals surface area contributed by atoms with Crippen LogP contribution in [0.3, 0.4) is 0 Å². The van der Waals surface area contributed by atoms with E-state index in [0.717, 1.165) is 36.7 Å². The molecule has 0 saturated carbocycles. The predicted octanol–water partition coefficient (Wildman–Crippen LogP) is 3.91. The molecule has 4 aromatic rings. The second kappa shape index (κ2) is 6.25. The van der Waals surface area contributed by atoms with E-state index in [1.807, 2.05) is 18.5 Å². The highest BCUT2D eigenvalue weighted by molar-refractivity contribution is 5.91. The first kappa shape index (κ1) is 15.6. The highest BCUT2D eigenvalue weighted by atomic mass is 15.1. The molecule has 2 N–H and O–H groups in total. The number of benzene rings is 1. The first-order valence-electron chi connectivity index (χ1n) is 9.49. The number of aryl methyl sites for hydroxylation is 1. The molecule has 132 valence electrons. The number of imidazole rings is 1. The number of nitrogens with zero attached hydrogens (tertiary/aromatic N) is 3. The van der Waals surface area contributed by atoms with Crippen molar-refractivity contribution in [1.82, 2.24) is 24.7 Å². The van der Waals surface area contributed by atoms with Crippen molar-refractivity contribution in [2.75, 3.05) is 13.1 Å². The lowest BCUT2D eigenvalue weighted by Crippen LogP contribution is -2.26. The fourth-order valence-corrected chi connectivity index (χ4v) is 4.27. The van der Waals surface area contributed by atoms with Crippen molar-refractivity contribution in [2.45, 2.75) is 32.1 Å². The Morgan fingerprint density at radius 3 is 2.92 bits per heavy atom. The van der Waals surface area contributed by atoms with Gasteiger partial charge in [0, 0.05) is 23.3 Å². The van der Waals surface area contributed by atoms with Crippen LogP contribution in [0.15, 0.2) is 42.9 Å². The van der Waals surface area contributed by atoms with Gasteiger partial charge in [-0.1, -0.05) is 13.0 Å². The van der Waals surface area contributed by atoms with Crippen LogP contribution in [0, 0.1) is 0 Å². The predicted molar refractivity (Wildman–Crippen MR) is 105 cm³/mol. The third kappa shape index (κ3) is 2.42. The van der Waals surface area contributed by atoms with Gasteiger partial charge in [0.1, 0.15) is 0 Å². The second-order valence-electron chi connectivity index (χ2n) is 7.09. The summed E-state index contributed by atoms with van der Waals surface area (Å²) in [5, 5.41) is 4.81. The van der Waals surface area contributed by atoms with E-state index in [9.17, 15) is 0 Å². The van der Waals surface area contributed by atoms with E-state index in [-0.39, 0.29) is 0 Å². The fraction of sp³-hybridized carbons (Fsp3) is 0.333. The number of aromatic amines is 1. The molecule has 0 bridgehead atoms. The van der Waals surface area contributed by atoms with Gasteiger partial charge in [-0.25, -0.2) is 9.97 Å². The average Bonchev–Trinajstić information content (AvgIpc) is 3.28. The summed E-state index contributed by atoms with van der Waals surface area (Å²) in [5.74, 6) is 1.40. The molecule has 1 aliphatic heterocycles. The fourth-order valence-electron chi connectivity index (χ4n) is 4.27. The zero-order chi connectivity index (χ0) is 17.5. The van der Waals surface area contributed by atoms with Gasteiger partial charge in [0.15, 0.2) is 0 Å². The van der Waals surface area contributed by atoms with Crippen molar-refractivity contribution in [2.24, 2.45) is 0 Å². The minimum Gasteiger partial charge on any atom is -0.353 e. The molecule has 5 nitrogen and oxygen atoms in total. The van der Waals surface area contributed by atoms with Crippen LogP contribution in [0.25, 0.3) is 28.1 Å². The summed E-state index contributed by atoms with van der Waals surface area (Å²) in [6, 6.07) is 8.90. The lowest BCUT2D eigenvalue weighted by atomic mass is 9.89. The molecule has 0 unspecified atom stereocenters. The highest BCUT2D eigenvalue weighted by Crippen LogP contribution is 2.34. The van der Waals surface area contributed by atoms with Crippen LogP contribution >= 0.6 is 0 Å². The van der Waals surface area contributed by atoms with E-state index in [2.05, 4.69) is 49.8 Å². The Hall–Kier alpha value is -2.66. The van der Waals surface area contributed by atoms with Crippen LogP contribution in [0.1, 0.15) is 36.8 Å². The molecule has 0 radical (unpaired) electrons. The summed E-state index contributed by atoms with van der Waals surface area (Å²) in [4.78, 5) is 12.4. The summed E-state index contributed by atoms with van der Waals surface area (Å²) in [7, 11) is 0. The van der Waals surface area contributed by atoms with Gasteiger partial charge in [0.2, 0.25) is 5.78 Å². The smallest absolute Gasteiger partial charge is 0.234 e. The van der Waals surface area contributed by atoms with E-state index in [1.54, 1.807) is 6.20 Å². The van der Waals surface area contributed by atoms with Gasteiger partial charge < -0.3 is 10.3 Å². The normalized spacial score (nSPS) is 15.9. The SMILES string of the molecule is CCc1c(-c2cnc3ncccn23)[nH]c2ccc(C3CCNCC3)cc12. The Kier molecular flexibility index (Phi) is 3.75. The molecule has 5 heteroatoms. The molecule has 1 fully saturated rings. The van der Waals surface area contributed by atoms with Crippen LogP contribution in [0.5, 0.6) is 0 Å². The standard InChI is InChI=1S/C21H23N5/c1-2-16-17-12-15(14-6-9-22-10-7-14)4-5-18(17)25-20(16)19-13-24-21-23-8-3-11-26(19)21/h3-5,8,11-14,22,25H,2,6-7,9-10H2,1H3. The summed E-state index contributed by atoms with van der Waals surface area (Å²) in [5.41, 5.74) is 6.27. The van der Waals surface area contributed by atoms with E-state index < -0.39 is 0 Å². The molecule has 1 aliphatic rings. The first-order valence-corrected chi connectivity index (χ1v) is 9.49. The largest absolute Gasteiger partial charge is 0.353 e. The van der Waals surface area contributed by atoms with E-state index in [1.165, 1.54) is 34.9 Å². The highest BCUT2D eigenvalue weighted by Gasteiger charge is 2.19. The van der Waals surface area contributed by atoms with Crippen molar-refractivity contribution in [3.05, 3.63) is 54.0 Å². The second-order valence-corrected chi connectivity index (χ2v) is 7.09. The number of hydrogen-bond acceptors (Lipinski definition) is 3.